The zero-order chi connectivity index (χ0) is 17.2. The molecule has 2 rings (SSSR count). The van der Waals surface area contributed by atoms with Gasteiger partial charge >= 0.3 is 0 Å². The van der Waals surface area contributed by atoms with E-state index in [1.165, 1.54) is 12.5 Å². The fourth-order valence-electron chi connectivity index (χ4n) is 3.06. The van der Waals surface area contributed by atoms with Crippen molar-refractivity contribution in [3.8, 4) is 0 Å². The number of hydrogen-bond donors (Lipinski definition) is 2. The van der Waals surface area contributed by atoms with E-state index in [9.17, 15) is 9.59 Å². The monoisotopic (exact) mass is 314 g/mol. The van der Waals surface area contributed by atoms with Gasteiger partial charge in [0.25, 0.3) is 0 Å². The molecule has 0 aliphatic heterocycles. The van der Waals surface area contributed by atoms with Crippen molar-refractivity contribution in [2.75, 3.05) is 5.32 Å². The number of amides is 2. The summed E-state index contributed by atoms with van der Waals surface area (Å²) in [6.45, 7) is 10.4. The van der Waals surface area contributed by atoms with Crippen molar-refractivity contribution in [2.24, 2.45) is 17.3 Å². The molecule has 0 spiro atoms. The largest absolute Gasteiger partial charge is 0.352 e. The number of nitrogens with one attached hydrogen (secondary N) is 2. The van der Waals surface area contributed by atoms with E-state index in [1.54, 1.807) is 0 Å². The number of rotatable bonds is 5. The van der Waals surface area contributed by atoms with Crippen LogP contribution in [0.3, 0.4) is 0 Å². The molecule has 0 bridgehead atoms. The summed E-state index contributed by atoms with van der Waals surface area (Å²) in [7, 11) is 0. The second-order valence-electron chi connectivity index (χ2n) is 7.16. The topological polar surface area (TPSA) is 58.2 Å². The molecule has 2 N–H and O–H groups in total. The molecule has 23 heavy (non-hydrogen) atoms. The minimum atomic E-state index is -0.0904. The highest BCUT2D eigenvalue weighted by Crippen LogP contribution is 2.59. The molecule has 4 nitrogen and oxygen atoms in total. The quantitative estimate of drug-likeness (QED) is 0.817. The van der Waals surface area contributed by atoms with Crippen molar-refractivity contribution in [3.05, 3.63) is 41.5 Å². The highest BCUT2D eigenvalue weighted by molar-refractivity contribution is 5.88. The highest BCUT2D eigenvalue weighted by atomic mass is 16.2. The first kappa shape index (κ1) is 17.3. The normalized spacial score (nSPS) is 21.3. The van der Waals surface area contributed by atoms with E-state index in [-0.39, 0.29) is 23.1 Å². The Hall–Kier alpha value is -2.10. The molecule has 0 saturated heterocycles. The van der Waals surface area contributed by atoms with Gasteiger partial charge in [0.05, 0.1) is 5.92 Å². The lowest BCUT2D eigenvalue weighted by Gasteiger charge is -2.07. The van der Waals surface area contributed by atoms with Gasteiger partial charge in [0.1, 0.15) is 0 Å². The molecule has 1 aromatic carbocycles. The maximum atomic E-state index is 12.4. The van der Waals surface area contributed by atoms with Crippen LogP contribution in [0.4, 0.5) is 5.69 Å². The summed E-state index contributed by atoms with van der Waals surface area (Å²) in [6, 6.07) is 7.51. The van der Waals surface area contributed by atoms with Gasteiger partial charge in [-0.2, -0.15) is 0 Å². The van der Waals surface area contributed by atoms with Crippen molar-refractivity contribution in [1.29, 1.82) is 0 Å². The van der Waals surface area contributed by atoms with E-state index in [4.69, 9.17) is 0 Å². The summed E-state index contributed by atoms with van der Waals surface area (Å²) in [4.78, 5) is 23.4. The first-order valence-corrected chi connectivity index (χ1v) is 8.01. The average Bonchev–Trinajstić information content (AvgIpc) is 2.97. The van der Waals surface area contributed by atoms with Crippen LogP contribution in [0.2, 0.25) is 0 Å². The lowest BCUT2D eigenvalue weighted by atomic mass is 10.1. The SMILES string of the molecule is CC(=O)Nc1ccc(CNC(=O)C2C(C=C(C)C)C2(C)C)cc1. The van der Waals surface area contributed by atoms with Crippen molar-refractivity contribution in [3.63, 3.8) is 0 Å². The Kier molecular flexibility index (Phi) is 4.93. The van der Waals surface area contributed by atoms with Crippen LogP contribution < -0.4 is 10.6 Å². The van der Waals surface area contributed by atoms with E-state index in [0.29, 0.717) is 12.5 Å². The molecule has 1 aliphatic carbocycles. The van der Waals surface area contributed by atoms with Crippen molar-refractivity contribution in [2.45, 2.75) is 41.2 Å². The summed E-state index contributed by atoms with van der Waals surface area (Å²) in [5, 5.41) is 5.75. The van der Waals surface area contributed by atoms with Gasteiger partial charge in [-0.1, -0.05) is 37.6 Å². The molecule has 1 aliphatic rings. The standard InChI is InChI=1S/C19H26N2O2/c1-12(2)10-16-17(19(16,4)5)18(23)20-11-14-6-8-15(9-7-14)21-13(3)22/h6-10,16-17H,11H2,1-5H3,(H,20,23)(H,21,22). The third-order valence-corrected chi connectivity index (χ3v) is 4.45. The maximum absolute atomic E-state index is 12.4. The number of hydrogen-bond acceptors (Lipinski definition) is 2. The third-order valence-electron chi connectivity index (χ3n) is 4.45. The van der Waals surface area contributed by atoms with E-state index in [1.807, 2.05) is 24.3 Å². The molecule has 0 heterocycles. The van der Waals surface area contributed by atoms with Gasteiger partial charge in [-0.05, 0) is 42.9 Å². The van der Waals surface area contributed by atoms with Crippen LogP contribution in [0.5, 0.6) is 0 Å². The van der Waals surface area contributed by atoms with Gasteiger partial charge in [0, 0.05) is 19.2 Å². The fourth-order valence-corrected chi connectivity index (χ4v) is 3.06. The number of allylic oxidation sites excluding steroid dienone is 2. The van der Waals surface area contributed by atoms with Crippen LogP contribution in [0.25, 0.3) is 0 Å². The Labute approximate surface area is 138 Å². The first-order chi connectivity index (χ1) is 10.7. The molecular formula is C19H26N2O2. The molecule has 2 unspecified atom stereocenters. The minimum absolute atomic E-state index is 0.0383. The van der Waals surface area contributed by atoms with Crippen LogP contribution in [-0.4, -0.2) is 11.8 Å². The molecule has 2 atom stereocenters. The summed E-state index contributed by atoms with van der Waals surface area (Å²) >= 11 is 0. The summed E-state index contributed by atoms with van der Waals surface area (Å²) in [5.41, 5.74) is 3.08. The molecule has 2 amide bonds. The van der Waals surface area contributed by atoms with Crippen LogP contribution in [0.1, 0.15) is 40.2 Å². The average molecular weight is 314 g/mol. The van der Waals surface area contributed by atoms with E-state index >= 15 is 0 Å². The molecule has 1 aromatic rings. The second kappa shape index (κ2) is 6.57. The van der Waals surface area contributed by atoms with Crippen LogP contribution in [0, 0.1) is 17.3 Å². The molecule has 0 aromatic heterocycles. The van der Waals surface area contributed by atoms with Crippen LogP contribution in [0.15, 0.2) is 35.9 Å². The number of benzene rings is 1. The molecule has 4 heteroatoms. The van der Waals surface area contributed by atoms with Crippen molar-refractivity contribution >= 4 is 17.5 Å². The predicted octanol–water partition coefficient (Wildman–Crippen LogP) is 3.50. The van der Waals surface area contributed by atoms with Gasteiger partial charge in [-0.3, -0.25) is 9.59 Å². The number of carbonyl (C=O) groups is 2. The molecule has 1 fully saturated rings. The second-order valence-corrected chi connectivity index (χ2v) is 7.16. The Bertz CT molecular complexity index is 625. The summed E-state index contributed by atoms with van der Waals surface area (Å²) in [6.07, 6.45) is 2.20. The number of carbonyl (C=O) groups excluding carboxylic acids is 2. The van der Waals surface area contributed by atoms with E-state index < -0.39 is 0 Å². The zero-order valence-electron chi connectivity index (χ0n) is 14.6. The molecule has 124 valence electrons. The fraction of sp³-hybridized carbons (Fsp3) is 0.474. The maximum Gasteiger partial charge on any atom is 0.224 e. The van der Waals surface area contributed by atoms with Gasteiger partial charge in [0.15, 0.2) is 0 Å². The molecular weight excluding hydrogens is 288 g/mol. The Morgan fingerprint density at radius 3 is 2.26 bits per heavy atom. The zero-order valence-corrected chi connectivity index (χ0v) is 14.6. The van der Waals surface area contributed by atoms with Gasteiger partial charge in [0.2, 0.25) is 11.8 Å². The Morgan fingerprint density at radius 2 is 1.74 bits per heavy atom. The van der Waals surface area contributed by atoms with Gasteiger partial charge in [-0.25, -0.2) is 0 Å². The predicted molar refractivity (Wildman–Crippen MR) is 92.8 cm³/mol. The van der Waals surface area contributed by atoms with E-state index in [0.717, 1.165) is 11.3 Å². The Balaban J connectivity index is 1.90. The molecule has 1 saturated carbocycles. The lowest BCUT2D eigenvalue weighted by Crippen LogP contribution is -2.26. The van der Waals surface area contributed by atoms with Gasteiger partial charge < -0.3 is 10.6 Å². The highest BCUT2D eigenvalue weighted by Gasteiger charge is 2.60. The summed E-state index contributed by atoms with van der Waals surface area (Å²) in [5.74, 6) is 0.404. The van der Waals surface area contributed by atoms with Crippen molar-refractivity contribution < 1.29 is 9.59 Å². The Morgan fingerprint density at radius 1 is 1.13 bits per heavy atom. The van der Waals surface area contributed by atoms with Crippen LogP contribution in [-0.2, 0) is 16.1 Å². The third kappa shape index (κ3) is 4.21. The number of anilines is 1. The minimum Gasteiger partial charge on any atom is -0.352 e. The molecule has 0 radical (unpaired) electrons. The smallest absolute Gasteiger partial charge is 0.224 e. The van der Waals surface area contributed by atoms with Crippen LogP contribution >= 0.6 is 0 Å². The summed E-state index contributed by atoms with van der Waals surface area (Å²) < 4.78 is 0. The first-order valence-electron chi connectivity index (χ1n) is 8.01. The van der Waals surface area contributed by atoms with E-state index in [2.05, 4.69) is 44.4 Å². The lowest BCUT2D eigenvalue weighted by molar-refractivity contribution is -0.123. The van der Waals surface area contributed by atoms with Crippen molar-refractivity contribution in [1.82, 2.24) is 5.32 Å². The van der Waals surface area contributed by atoms with Gasteiger partial charge in [-0.15, -0.1) is 0 Å².